The van der Waals surface area contributed by atoms with Gasteiger partial charge in [0.2, 0.25) is 0 Å². The van der Waals surface area contributed by atoms with Gasteiger partial charge in [-0.3, -0.25) is 4.79 Å². The van der Waals surface area contributed by atoms with Crippen molar-refractivity contribution in [3.63, 3.8) is 0 Å². The van der Waals surface area contributed by atoms with Crippen molar-refractivity contribution in [1.82, 2.24) is 4.90 Å². The van der Waals surface area contributed by atoms with E-state index in [1.165, 1.54) is 11.3 Å². The van der Waals surface area contributed by atoms with Crippen molar-refractivity contribution in [1.29, 1.82) is 0 Å². The van der Waals surface area contributed by atoms with Crippen LogP contribution in [0.4, 0.5) is 5.69 Å². The third-order valence-corrected chi connectivity index (χ3v) is 5.38. The zero-order chi connectivity index (χ0) is 15.9. The number of hydrogen-bond acceptors (Lipinski definition) is 4. The number of halogens is 1. The molecule has 1 N–H and O–H groups in total. The number of carbonyl (C=O) groups is 1. The summed E-state index contributed by atoms with van der Waals surface area (Å²) >= 11 is 4.92. The fraction of sp³-hybridized carbons (Fsp3) is 0.312. The van der Waals surface area contributed by atoms with Crippen molar-refractivity contribution in [2.24, 2.45) is 0 Å². The van der Waals surface area contributed by atoms with Crippen LogP contribution in [0.15, 0.2) is 34.1 Å². The Labute approximate surface area is 142 Å². The second kappa shape index (κ2) is 5.59. The van der Waals surface area contributed by atoms with Crippen molar-refractivity contribution >= 4 is 38.9 Å². The molecule has 3 rings (SSSR count). The largest absolute Gasteiger partial charge is 0.497 e. The van der Waals surface area contributed by atoms with Crippen LogP contribution in [0.1, 0.15) is 29.1 Å². The Morgan fingerprint density at radius 1 is 1.32 bits per heavy atom. The average Bonchev–Trinajstić information content (AvgIpc) is 2.84. The number of methoxy groups -OCH3 is 1. The first-order valence-electron chi connectivity index (χ1n) is 6.93. The van der Waals surface area contributed by atoms with Gasteiger partial charge in [0.05, 0.1) is 16.6 Å². The lowest BCUT2D eigenvalue weighted by atomic mass is 10.1. The van der Waals surface area contributed by atoms with Crippen molar-refractivity contribution in [3.8, 4) is 5.75 Å². The Bertz CT molecular complexity index is 709. The van der Waals surface area contributed by atoms with Gasteiger partial charge in [0.15, 0.2) is 0 Å². The van der Waals surface area contributed by atoms with Gasteiger partial charge in [-0.15, -0.1) is 11.3 Å². The van der Waals surface area contributed by atoms with Crippen LogP contribution in [0.3, 0.4) is 0 Å². The molecule has 0 radical (unpaired) electrons. The number of ether oxygens (including phenoxy) is 1. The summed E-state index contributed by atoms with van der Waals surface area (Å²) in [6.45, 7) is 4.59. The van der Waals surface area contributed by atoms with E-state index >= 15 is 0 Å². The van der Waals surface area contributed by atoms with E-state index in [9.17, 15) is 4.79 Å². The van der Waals surface area contributed by atoms with Gasteiger partial charge in [-0.25, -0.2) is 0 Å². The van der Waals surface area contributed by atoms with Crippen LogP contribution in [0.25, 0.3) is 0 Å². The summed E-state index contributed by atoms with van der Waals surface area (Å²) in [4.78, 5) is 15.4. The normalized spacial score (nSPS) is 16.2. The molecule has 6 heteroatoms. The Morgan fingerprint density at radius 3 is 2.64 bits per heavy atom. The van der Waals surface area contributed by atoms with Crippen molar-refractivity contribution in [3.05, 3.63) is 44.6 Å². The summed E-state index contributed by atoms with van der Waals surface area (Å²) in [5.74, 6) is 0.876. The Hall–Kier alpha value is -1.53. The monoisotopic (exact) mass is 380 g/mol. The standard InChI is InChI=1S/C16H17BrN2O2S/c1-16(2)18-12-8-13(17)22-14(12)15(20)19(16)9-10-4-6-11(21-3)7-5-10/h4-8,18H,9H2,1-3H3. The first-order valence-corrected chi connectivity index (χ1v) is 8.54. The van der Waals surface area contributed by atoms with Crippen LogP contribution >= 0.6 is 27.3 Å². The van der Waals surface area contributed by atoms with Crippen LogP contribution in [0.5, 0.6) is 5.75 Å². The fourth-order valence-corrected chi connectivity index (χ4v) is 4.07. The number of fused-ring (bicyclic) bond motifs is 1. The van der Waals surface area contributed by atoms with Gasteiger partial charge in [0, 0.05) is 6.54 Å². The predicted octanol–water partition coefficient (Wildman–Crippen LogP) is 4.32. The average molecular weight is 381 g/mol. The molecule has 1 aliphatic heterocycles. The number of benzene rings is 1. The third-order valence-electron chi connectivity index (χ3n) is 3.76. The van der Waals surface area contributed by atoms with Crippen LogP contribution < -0.4 is 10.1 Å². The molecule has 1 aliphatic rings. The van der Waals surface area contributed by atoms with E-state index in [2.05, 4.69) is 21.2 Å². The molecular weight excluding hydrogens is 364 g/mol. The van der Waals surface area contributed by atoms with Crippen LogP contribution in [0.2, 0.25) is 0 Å². The minimum Gasteiger partial charge on any atom is -0.497 e. The molecule has 1 amide bonds. The second-order valence-electron chi connectivity index (χ2n) is 5.72. The SMILES string of the molecule is COc1ccc(CN2C(=O)c3sc(Br)cc3NC2(C)C)cc1. The molecule has 4 nitrogen and oxygen atoms in total. The molecule has 0 saturated carbocycles. The summed E-state index contributed by atoms with van der Waals surface area (Å²) in [7, 11) is 1.65. The molecule has 0 aliphatic carbocycles. The molecule has 1 aromatic heterocycles. The first kappa shape index (κ1) is 15.4. The number of carbonyl (C=O) groups excluding carboxylic acids is 1. The molecule has 116 valence electrons. The fourth-order valence-electron chi connectivity index (χ4n) is 2.57. The smallest absolute Gasteiger partial charge is 0.268 e. The number of anilines is 1. The van der Waals surface area contributed by atoms with Crippen molar-refractivity contribution in [2.75, 3.05) is 12.4 Å². The van der Waals surface area contributed by atoms with Crippen LogP contribution in [0, 0.1) is 0 Å². The van der Waals surface area contributed by atoms with Gasteiger partial charge in [0.25, 0.3) is 5.91 Å². The number of rotatable bonds is 3. The zero-order valence-corrected chi connectivity index (χ0v) is 15.0. The Morgan fingerprint density at radius 2 is 2.00 bits per heavy atom. The quantitative estimate of drug-likeness (QED) is 0.861. The van der Waals surface area contributed by atoms with E-state index in [0.717, 1.165) is 25.7 Å². The zero-order valence-electron chi connectivity index (χ0n) is 12.6. The lowest BCUT2D eigenvalue weighted by Crippen LogP contribution is -2.55. The summed E-state index contributed by atoms with van der Waals surface area (Å²) < 4.78 is 6.13. The minimum atomic E-state index is -0.440. The van der Waals surface area contributed by atoms with Crippen LogP contribution in [-0.4, -0.2) is 23.6 Å². The van der Waals surface area contributed by atoms with E-state index in [0.29, 0.717) is 6.54 Å². The van der Waals surface area contributed by atoms with E-state index < -0.39 is 5.66 Å². The topological polar surface area (TPSA) is 41.6 Å². The maximum Gasteiger partial charge on any atom is 0.268 e. The molecule has 0 saturated heterocycles. The van der Waals surface area contributed by atoms with Crippen LogP contribution in [-0.2, 0) is 6.54 Å². The molecule has 0 spiro atoms. The molecule has 0 fully saturated rings. The van der Waals surface area contributed by atoms with Crippen molar-refractivity contribution in [2.45, 2.75) is 26.1 Å². The van der Waals surface area contributed by atoms with Gasteiger partial charge in [-0.1, -0.05) is 12.1 Å². The Kier molecular flexibility index (Phi) is 3.91. The molecule has 2 aromatic rings. The van der Waals surface area contributed by atoms with E-state index in [1.54, 1.807) is 7.11 Å². The second-order valence-corrected chi connectivity index (χ2v) is 8.15. The van der Waals surface area contributed by atoms with E-state index in [4.69, 9.17) is 4.74 Å². The summed E-state index contributed by atoms with van der Waals surface area (Å²) in [6.07, 6.45) is 0. The summed E-state index contributed by atoms with van der Waals surface area (Å²) in [6, 6.07) is 9.77. The molecule has 22 heavy (non-hydrogen) atoms. The van der Waals surface area contributed by atoms with E-state index in [1.807, 2.05) is 49.1 Å². The Balaban J connectivity index is 1.90. The van der Waals surface area contributed by atoms with Crippen molar-refractivity contribution < 1.29 is 9.53 Å². The van der Waals surface area contributed by atoms with E-state index in [-0.39, 0.29) is 5.91 Å². The van der Waals surface area contributed by atoms with Gasteiger partial charge in [0.1, 0.15) is 16.3 Å². The number of nitrogens with zero attached hydrogens (tertiary/aromatic N) is 1. The molecule has 0 atom stereocenters. The van der Waals surface area contributed by atoms with Gasteiger partial charge in [-0.2, -0.15) is 0 Å². The lowest BCUT2D eigenvalue weighted by Gasteiger charge is -2.43. The van der Waals surface area contributed by atoms with Gasteiger partial charge in [-0.05, 0) is 53.5 Å². The number of hydrogen-bond donors (Lipinski definition) is 1. The first-order chi connectivity index (χ1) is 10.4. The summed E-state index contributed by atoms with van der Waals surface area (Å²) in [5.41, 5.74) is 1.53. The highest BCUT2D eigenvalue weighted by molar-refractivity contribution is 9.11. The minimum absolute atomic E-state index is 0.0604. The molecule has 0 bridgehead atoms. The maximum absolute atomic E-state index is 12.8. The number of nitrogens with one attached hydrogen (secondary N) is 1. The third kappa shape index (κ3) is 2.73. The molecule has 1 aromatic carbocycles. The highest BCUT2D eigenvalue weighted by Gasteiger charge is 2.38. The van der Waals surface area contributed by atoms with Gasteiger partial charge < -0.3 is 15.0 Å². The molecule has 0 unspecified atom stereocenters. The lowest BCUT2D eigenvalue weighted by molar-refractivity contribution is 0.0559. The molecule has 2 heterocycles. The highest BCUT2D eigenvalue weighted by Crippen LogP contribution is 2.39. The highest BCUT2D eigenvalue weighted by atomic mass is 79.9. The predicted molar refractivity (Wildman–Crippen MR) is 92.6 cm³/mol. The summed E-state index contributed by atoms with van der Waals surface area (Å²) in [5, 5.41) is 3.44. The van der Waals surface area contributed by atoms with Gasteiger partial charge >= 0.3 is 0 Å². The number of amides is 1. The maximum atomic E-state index is 12.8. The molecular formula is C16H17BrN2O2S. The number of thiophene rings is 1.